The van der Waals surface area contributed by atoms with Gasteiger partial charge in [0.05, 0.1) is 28.4 Å². The van der Waals surface area contributed by atoms with Crippen molar-refractivity contribution in [2.24, 2.45) is 0 Å². The number of hydrogen-bond donors (Lipinski definition) is 1. The summed E-state index contributed by atoms with van der Waals surface area (Å²) in [5.74, 6) is -0.535. The van der Waals surface area contributed by atoms with Gasteiger partial charge in [0.2, 0.25) is 0 Å². The number of ether oxygens (including phenoxy) is 1. The summed E-state index contributed by atoms with van der Waals surface area (Å²) >= 11 is 11.4. The van der Waals surface area contributed by atoms with E-state index in [1.54, 1.807) is 0 Å². The molecule has 0 bridgehead atoms. The zero-order valence-electron chi connectivity index (χ0n) is 6.80. The van der Waals surface area contributed by atoms with Crippen LogP contribution in [0.15, 0.2) is 12.1 Å². The van der Waals surface area contributed by atoms with E-state index in [9.17, 15) is 4.79 Å². The number of hydrogen-bond acceptors (Lipinski definition) is 3. The fraction of sp³-hybridized carbons (Fsp3) is 0.125. The molecule has 0 aliphatic rings. The lowest BCUT2D eigenvalue weighted by molar-refractivity contribution is 0.0601. The molecule has 0 amide bonds. The molecule has 0 aliphatic heterocycles. The molecule has 13 heavy (non-hydrogen) atoms. The first-order valence-electron chi connectivity index (χ1n) is 3.39. The average molecular weight is 220 g/mol. The van der Waals surface area contributed by atoms with Crippen molar-refractivity contribution >= 4 is 34.9 Å². The number of carbonyl (C=O) groups excluding carboxylic acids is 1. The van der Waals surface area contributed by atoms with Crippen LogP contribution in [0.3, 0.4) is 0 Å². The van der Waals surface area contributed by atoms with Crippen molar-refractivity contribution in [1.82, 2.24) is 0 Å². The molecule has 2 N–H and O–H groups in total. The van der Waals surface area contributed by atoms with E-state index in [2.05, 4.69) is 4.74 Å². The fourth-order valence-corrected chi connectivity index (χ4v) is 1.24. The van der Waals surface area contributed by atoms with Crippen LogP contribution in [-0.4, -0.2) is 13.1 Å². The van der Waals surface area contributed by atoms with Gasteiger partial charge in [-0.05, 0) is 12.1 Å². The molecule has 0 saturated carbocycles. The zero-order chi connectivity index (χ0) is 10.0. The first kappa shape index (κ1) is 10.2. The van der Waals surface area contributed by atoms with Crippen LogP contribution in [-0.2, 0) is 4.74 Å². The van der Waals surface area contributed by atoms with Crippen LogP contribution >= 0.6 is 23.2 Å². The molecule has 0 atom stereocenters. The Kier molecular flexibility index (Phi) is 3.01. The molecule has 1 rings (SSSR count). The van der Waals surface area contributed by atoms with E-state index in [1.165, 1.54) is 19.2 Å². The van der Waals surface area contributed by atoms with Crippen molar-refractivity contribution in [3.8, 4) is 0 Å². The molecule has 1 aromatic carbocycles. The van der Waals surface area contributed by atoms with Crippen LogP contribution in [0.5, 0.6) is 0 Å². The van der Waals surface area contributed by atoms with Crippen molar-refractivity contribution in [3.05, 3.63) is 27.7 Å². The first-order chi connectivity index (χ1) is 6.06. The van der Waals surface area contributed by atoms with Gasteiger partial charge in [-0.15, -0.1) is 0 Å². The van der Waals surface area contributed by atoms with Gasteiger partial charge in [0.25, 0.3) is 0 Å². The number of nitrogen functional groups attached to an aromatic ring is 1. The largest absolute Gasteiger partial charge is 0.465 e. The summed E-state index contributed by atoms with van der Waals surface area (Å²) in [5.41, 5.74) is 6.01. The van der Waals surface area contributed by atoms with Crippen molar-refractivity contribution in [2.75, 3.05) is 12.8 Å². The fourth-order valence-electron chi connectivity index (χ4n) is 0.829. The molecule has 0 radical (unpaired) electrons. The van der Waals surface area contributed by atoms with Crippen molar-refractivity contribution in [2.45, 2.75) is 0 Å². The summed E-state index contributed by atoms with van der Waals surface area (Å²) in [6, 6.07) is 2.79. The van der Waals surface area contributed by atoms with Crippen molar-refractivity contribution < 1.29 is 9.53 Å². The van der Waals surface area contributed by atoms with Gasteiger partial charge < -0.3 is 10.5 Å². The van der Waals surface area contributed by atoms with Gasteiger partial charge >= 0.3 is 5.97 Å². The Labute approximate surface area is 85.4 Å². The Morgan fingerprint density at radius 1 is 1.38 bits per heavy atom. The Balaban J connectivity index is 3.23. The molecule has 0 fully saturated rings. The zero-order valence-corrected chi connectivity index (χ0v) is 8.32. The molecule has 0 aliphatic carbocycles. The van der Waals surface area contributed by atoms with Crippen LogP contribution < -0.4 is 5.73 Å². The van der Waals surface area contributed by atoms with Gasteiger partial charge in [-0.3, -0.25) is 0 Å². The van der Waals surface area contributed by atoms with Crippen LogP contribution in [0.1, 0.15) is 10.4 Å². The lowest BCUT2D eigenvalue weighted by Crippen LogP contribution is -2.02. The highest BCUT2D eigenvalue weighted by atomic mass is 35.5. The number of benzene rings is 1. The second kappa shape index (κ2) is 3.85. The van der Waals surface area contributed by atoms with E-state index in [0.717, 1.165) is 0 Å². The maximum Gasteiger partial charge on any atom is 0.339 e. The highest BCUT2D eigenvalue weighted by Crippen LogP contribution is 2.27. The minimum absolute atomic E-state index is 0.211. The third-order valence-corrected chi connectivity index (χ3v) is 2.13. The molecule has 0 spiro atoms. The summed E-state index contributed by atoms with van der Waals surface area (Å²) in [6.07, 6.45) is 0. The smallest absolute Gasteiger partial charge is 0.339 e. The van der Waals surface area contributed by atoms with E-state index in [1.807, 2.05) is 0 Å². The molecule has 0 unspecified atom stereocenters. The summed E-state index contributed by atoms with van der Waals surface area (Å²) in [7, 11) is 1.27. The second-order valence-electron chi connectivity index (χ2n) is 2.35. The van der Waals surface area contributed by atoms with Gasteiger partial charge in [-0.2, -0.15) is 0 Å². The minimum atomic E-state index is -0.535. The Hall–Kier alpha value is -0.930. The number of methoxy groups -OCH3 is 1. The van der Waals surface area contributed by atoms with Crippen molar-refractivity contribution in [3.63, 3.8) is 0 Å². The van der Waals surface area contributed by atoms with E-state index in [-0.39, 0.29) is 15.6 Å². The Morgan fingerprint density at radius 2 is 2.00 bits per heavy atom. The normalized spacial score (nSPS) is 9.77. The number of halogens is 2. The summed E-state index contributed by atoms with van der Waals surface area (Å²) in [5, 5.41) is 0.513. The number of esters is 1. The SMILES string of the molecule is COC(=O)c1cc(Cl)c(N)cc1Cl. The second-order valence-corrected chi connectivity index (χ2v) is 3.16. The molecule has 1 aromatic rings. The number of rotatable bonds is 1. The van der Waals surface area contributed by atoms with E-state index in [4.69, 9.17) is 28.9 Å². The Bertz CT molecular complexity index is 352. The standard InChI is InChI=1S/C8H7Cl2NO2/c1-13-8(12)4-2-6(10)7(11)3-5(4)9/h2-3H,11H2,1H3. The molecule has 3 nitrogen and oxygen atoms in total. The molecule has 5 heteroatoms. The lowest BCUT2D eigenvalue weighted by atomic mass is 10.2. The highest BCUT2D eigenvalue weighted by molar-refractivity contribution is 6.37. The molecule has 0 aromatic heterocycles. The third kappa shape index (κ3) is 2.05. The number of carbonyl (C=O) groups is 1. The predicted molar refractivity (Wildman–Crippen MR) is 52.2 cm³/mol. The highest BCUT2D eigenvalue weighted by Gasteiger charge is 2.12. The Morgan fingerprint density at radius 3 is 2.54 bits per heavy atom. The van der Waals surface area contributed by atoms with Crippen LogP contribution in [0.4, 0.5) is 5.69 Å². The van der Waals surface area contributed by atoms with Gasteiger partial charge in [-0.25, -0.2) is 4.79 Å². The topological polar surface area (TPSA) is 52.3 Å². The van der Waals surface area contributed by atoms with Crippen LogP contribution in [0, 0.1) is 0 Å². The maximum atomic E-state index is 11.1. The number of anilines is 1. The van der Waals surface area contributed by atoms with E-state index >= 15 is 0 Å². The number of nitrogens with two attached hydrogens (primary N) is 1. The molecule has 70 valence electrons. The predicted octanol–water partition coefficient (Wildman–Crippen LogP) is 2.36. The first-order valence-corrected chi connectivity index (χ1v) is 4.14. The minimum Gasteiger partial charge on any atom is -0.465 e. The van der Waals surface area contributed by atoms with Crippen LogP contribution in [0.25, 0.3) is 0 Å². The molecular formula is C8H7Cl2NO2. The van der Waals surface area contributed by atoms with Crippen LogP contribution in [0.2, 0.25) is 10.0 Å². The maximum absolute atomic E-state index is 11.1. The van der Waals surface area contributed by atoms with Crippen molar-refractivity contribution in [1.29, 1.82) is 0 Å². The summed E-state index contributed by atoms with van der Waals surface area (Å²) in [6.45, 7) is 0. The molecule has 0 heterocycles. The molecular weight excluding hydrogens is 213 g/mol. The van der Waals surface area contributed by atoms with E-state index in [0.29, 0.717) is 5.69 Å². The van der Waals surface area contributed by atoms with Gasteiger partial charge in [0.1, 0.15) is 0 Å². The van der Waals surface area contributed by atoms with Gasteiger partial charge in [0.15, 0.2) is 0 Å². The monoisotopic (exact) mass is 219 g/mol. The quantitative estimate of drug-likeness (QED) is 0.583. The van der Waals surface area contributed by atoms with E-state index < -0.39 is 5.97 Å². The average Bonchev–Trinajstić information content (AvgIpc) is 2.10. The molecule has 0 saturated heterocycles. The third-order valence-electron chi connectivity index (χ3n) is 1.49. The summed E-state index contributed by atoms with van der Waals surface area (Å²) < 4.78 is 4.49. The summed E-state index contributed by atoms with van der Waals surface area (Å²) in [4.78, 5) is 11.1. The van der Waals surface area contributed by atoms with Gasteiger partial charge in [0, 0.05) is 0 Å². The van der Waals surface area contributed by atoms with Gasteiger partial charge in [-0.1, -0.05) is 23.2 Å². The lowest BCUT2D eigenvalue weighted by Gasteiger charge is -2.04.